The molecular weight excluding hydrogens is 332 g/mol. The molecule has 0 aliphatic rings. The molecule has 4 heteroatoms. The first-order valence-electron chi connectivity index (χ1n) is 9.42. The van der Waals surface area contributed by atoms with Gasteiger partial charge in [0.1, 0.15) is 17.6 Å². The van der Waals surface area contributed by atoms with Crippen LogP contribution in [0.3, 0.4) is 0 Å². The van der Waals surface area contributed by atoms with Crippen LogP contribution in [-0.4, -0.2) is 19.4 Å². The standard InChI is InChI=1S/C23H20N4/c1-3-15-8-7-9-16(4-2)21(15)20-13-27-22-19(12-24-14-25-22)17-10-5-6-11-18(17)23(27)26-20/h5-14H,3-4H2,1-2H3. The number of hydrogen-bond donors (Lipinski definition) is 0. The van der Waals surface area contributed by atoms with Crippen molar-refractivity contribution in [1.29, 1.82) is 0 Å². The van der Waals surface area contributed by atoms with Gasteiger partial charge in [-0.1, -0.05) is 56.3 Å². The molecule has 0 aliphatic heterocycles. The van der Waals surface area contributed by atoms with Crippen LogP contribution in [0.25, 0.3) is 38.7 Å². The Morgan fingerprint density at radius 3 is 2.30 bits per heavy atom. The van der Waals surface area contributed by atoms with Gasteiger partial charge in [-0.15, -0.1) is 0 Å². The van der Waals surface area contributed by atoms with Crippen molar-refractivity contribution in [1.82, 2.24) is 19.4 Å². The van der Waals surface area contributed by atoms with E-state index >= 15 is 0 Å². The Morgan fingerprint density at radius 2 is 1.56 bits per heavy atom. The molecule has 0 saturated heterocycles. The largest absolute Gasteiger partial charge is 0.283 e. The van der Waals surface area contributed by atoms with Crippen LogP contribution in [0.5, 0.6) is 0 Å². The topological polar surface area (TPSA) is 43.1 Å². The molecule has 4 nitrogen and oxygen atoms in total. The van der Waals surface area contributed by atoms with E-state index in [2.05, 4.69) is 76.9 Å². The van der Waals surface area contributed by atoms with Crippen molar-refractivity contribution in [3.63, 3.8) is 0 Å². The van der Waals surface area contributed by atoms with Crippen LogP contribution in [0.4, 0.5) is 0 Å². The first-order valence-corrected chi connectivity index (χ1v) is 9.42. The smallest absolute Gasteiger partial charge is 0.149 e. The van der Waals surface area contributed by atoms with Crippen molar-refractivity contribution in [2.24, 2.45) is 0 Å². The molecule has 0 aliphatic carbocycles. The van der Waals surface area contributed by atoms with Crippen molar-refractivity contribution in [3.8, 4) is 11.3 Å². The summed E-state index contributed by atoms with van der Waals surface area (Å²) in [5.74, 6) is 0. The van der Waals surface area contributed by atoms with Gasteiger partial charge in [0, 0.05) is 28.7 Å². The van der Waals surface area contributed by atoms with E-state index in [-0.39, 0.29) is 0 Å². The molecule has 0 fully saturated rings. The lowest BCUT2D eigenvalue weighted by molar-refractivity contribution is 1.09. The quantitative estimate of drug-likeness (QED) is 0.418. The highest BCUT2D eigenvalue weighted by molar-refractivity contribution is 6.10. The molecule has 0 N–H and O–H groups in total. The highest BCUT2D eigenvalue weighted by Gasteiger charge is 2.16. The summed E-state index contributed by atoms with van der Waals surface area (Å²) in [6.45, 7) is 4.40. The third-order valence-electron chi connectivity index (χ3n) is 5.34. The average molecular weight is 352 g/mol. The molecular formula is C23H20N4. The van der Waals surface area contributed by atoms with Gasteiger partial charge in [0.15, 0.2) is 0 Å². The second-order valence-corrected chi connectivity index (χ2v) is 6.78. The molecule has 2 aromatic carbocycles. The zero-order valence-electron chi connectivity index (χ0n) is 15.5. The van der Waals surface area contributed by atoms with E-state index in [0.717, 1.165) is 46.0 Å². The molecule has 3 heterocycles. The van der Waals surface area contributed by atoms with Gasteiger partial charge in [0.05, 0.1) is 5.69 Å². The van der Waals surface area contributed by atoms with Crippen LogP contribution in [-0.2, 0) is 12.8 Å². The highest BCUT2D eigenvalue weighted by Crippen LogP contribution is 2.33. The van der Waals surface area contributed by atoms with Gasteiger partial charge in [0.2, 0.25) is 0 Å². The lowest BCUT2D eigenvalue weighted by Gasteiger charge is -2.10. The van der Waals surface area contributed by atoms with Crippen LogP contribution in [0.2, 0.25) is 0 Å². The third-order valence-corrected chi connectivity index (χ3v) is 5.34. The van der Waals surface area contributed by atoms with Gasteiger partial charge in [-0.25, -0.2) is 15.0 Å². The van der Waals surface area contributed by atoms with E-state index in [0.29, 0.717) is 0 Å². The predicted molar refractivity (Wildman–Crippen MR) is 110 cm³/mol. The van der Waals surface area contributed by atoms with Gasteiger partial charge in [-0.3, -0.25) is 4.40 Å². The molecule has 0 unspecified atom stereocenters. The van der Waals surface area contributed by atoms with Crippen molar-refractivity contribution in [3.05, 3.63) is 72.3 Å². The van der Waals surface area contributed by atoms with E-state index in [1.165, 1.54) is 16.7 Å². The number of fused-ring (bicyclic) bond motifs is 6. The van der Waals surface area contributed by atoms with E-state index in [4.69, 9.17) is 4.98 Å². The molecule has 3 aromatic heterocycles. The Bertz CT molecular complexity index is 1210. The minimum Gasteiger partial charge on any atom is -0.283 e. The first kappa shape index (κ1) is 15.9. The van der Waals surface area contributed by atoms with Crippen molar-refractivity contribution in [2.45, 2.75) is 26.7 Å². The van der Waals surface area contributed by atoms with E-state index in [1.807, 2.05) is 6.20 Å². The maximum atomic E-state index is 5.08. The number of benzene rings is 2. The number of nitrogens with zero attached hydrogens (tertiary/aromatic N) is 4. The summed E-state index contributed by atoms with van der Waals surface area (Å²) in [6, 6.07) is 14.9. The summed E-state index contributed by atoms with van der Waals surface area (Å²) in [5, 5.41) is 3.30. The Labute approximate surface area is 157 Å². The van der Waals surface area contributed by atoms with Gasteiger partial charge >= 0.3 is 0 Å². The summed E-state index contributed by atoms with van der Waals surface area (Å²) in [6.07, 6.45) is 7.60. The van der Waals surface area contributed by atoms with Crippen molar-refractivity contribution < 1.29 is 0 Å². The maximum absolute atomic E-state index is 5.08. The monoisotopic (exact) mass is 352 g/mol. The zero-order chi connectivity index (χ0) is 18.4. The van der Waals surface area contributed by atoms with Crippen molar-refractivity contribution >= 4 is 27.5 Å². The number of hydrogen-bond acceptors (Lipinski definition) is 3. The molecule has 5 rings (SSSR count). The maximum Gasteiger partial charge on any atom is 0.149 e. The molecule has 0 spiro atoms. The predicted octanol–water partition coefficient (Wildman–Crippen LogP) is 5.22. The molecule has 0 atom stereocenters. The lowest BCUT2D eigenvalue weighted by atomic mass is 9.95. The van der Waals surface area contributed by atoms with E-state index in [1.54, 1.807) is 6.33 Å². The number of pyridine rings is 1. The summed E-state index contributed by atoms with van der Waals surface area (Å²) in [7, 11) is 0. The van der Waals surface area contributed by atoms with Crippen LogP contribution in [0, 0.1) is 0 Å². The SMILES string of the molecule is CCc1cccc(CC)c1-c1cn2c3ncncc3c3ccccc3c2n1. The number of imidazole rings is 1. The first-order chi connectivity index (χ1) is 13.3. The van der Waals surface area contributed by atoms with Crippen LogP contribution < -0.4 is 0 Å². The highest BCUT2D eigenvalue weighted by atomic mass is 15.1. The Kier molecular flexibility index (Phi) is 3.64. The molecule has 0 saturated carbocycles. The van der Waals surface area contributed by atoms with Crippen LogP contribution in [0.15, 0.2) is 61.2 Å². The zero-order valence-corrected chi connectivity index (χ0v) is 15.5. The second kappa shape index (κ2) is 6.16. The summed E-state index contributed by atoms with van der Waals surface area (Å²) >= 11 is 0. The molecule has 0 radical (unpaired) electrons. The van der Waals surface area contributed by atoms with E-state index < -0.39 is 0 Å². The second-order valence-electron chi connectivity index (χ2n) is 6.78. The van der Waals surface area contributed by atoms with Crippen LogP contribution >= 0.6 is 0 Å². The Hall–Kier alpha value is -3.27. The molecule has 5 aromatic rings. The summed E-state index contributed by atoms with van der Waals surface area (Å²) in [4.78, 5) is 13.9. The Morgan fingerprint density at radius 1 is 0.815 bits per heavy atom. The van der Waals surface area contributed by atoms with Gasteiger partial charge in [0.25, 0.3) is 0 Å². The van der Waals surface area contributed by atoms with Crippen molar-refractivity contribution in [2.75, 3.05) is 0 Å². The lowest BCUT2D eigenvalue weighted by Crippen LogP contribution is -1.94. The molecule has 132 valence electrons. The Balaban J connectivity index is 1.94. The average Bonchev–Trinajstić information content (AvgIpc) is 3.18. The molecule has 0 bridgehead atoms. The molecule has 0 amide bonds. The third kappa shape index (κ3) is 2.33. The summed E-state index contributed by atoms with van der Waals surface area (Å²) < 4.78 is 2.11. The van der Waals surface area contributed by atoms with E-state index in [9.17, 15) is 0 Å². The fourth-order valence-corrected chi connectivity index (χ4v) is 4.04. The van der Waals surface area contributed by atoms with Gasteiger partial charge in [-0.05, 0) is 29.4 Å². The number of rotatable bonds is 3. The van der Waals surface area contributed by atoms with Gasteiger partial charge < -0.3 is 0 Å². The molecule has 27 heavy (non-hydrogen) atoms. The van der Waals surface area contributed by atoms with Gasteiger partial charge in [-0.2, -0.15) is 0 Å². The normalized spacial score (nSPS) is 11.6. The fraction of sp³-hybridized carbons (Fsp3) is 0.174. The number of aryl methyl sites for hydroxylation is 2. The minimum absolute atomic E-state index is 0.893. The van der Waals surface area contributed by atoms with Crippen LogP contribution in [0.1, 0.15) is 25.0 Å². The minimum atomic E-state index is 0.893. The fourth-order valence-electron chi connectivity index (χ4n) is 4.04. The number of aromatic nitrogens is 4. The summed E-state index contributed by atoms with van der Waals surface area (Å²) in [5.41, 5.74) is 6.78.